The molecule has 16 heavy (non-hydrogen) atoms. The Morgan fingerprint density at radius 3 is 2.44 bits per heavy atom. The van der Waals surface area contributed by atoms with Crippen molar-refractivity contribution in [3.05, 3.63) is 29.8 Å². The first-order valence-corrected chi connectivity index (χ1v) is 4.54. The molecule has 0 bridgehead atoms. The smallest absolute Gasteiger partial charge is 0.389 e. The Bertz CT molecular complexity index is 348. The summed E-state index contributed by atoms with van der Waals surface area (Å²) < 4.78 is 65.5. The minimum atomic E-state index is -4.26. The average molecular weight is 240 g/mol. The Morgan fingerprint density at radius 2 is 1.81 bits per heavy atom. The molecule has 1 aromatic rings. The highest BCUT2D eigenvalue weighted by Gasteiger charge is 2.26. The number of ether oxygens (including phenoxy) is 1. The molecule has 0 heterocycles. The molecule has 0 aliphatic heterocycles. The third kappa shape index (κ3) is 4.04. The molecular weight excluding hydrogens is 231 g/mol. The van der Waals surface area contributed by atoms with Gasteiger partial charge < -0.3 is 4.74 Å². The van der Waals surface area contributed by atoms with Crippen LogP contribution in [0.5, 0.6) is 5.75 Å². The maximum atomic E-state index is 12.9. The highest BCUT2D eigenvalue weighted by Crippen LogP contribution is 2.23. The van der Waals surface area contributed by atoms with E-state index in [0.717, 1.165) is 12.1 Å². The number of alkyl halides is 3. The summed E-state index contributed by atoms with van der Waals surface area (Å²) >= 11 is 0. The van der Waals surface area contributed by atoms with Crippen molar-refractivity contribution in [3.8, 4) is 5.75 Å². The van der Waals surface area contributed by atoms with E-state index in [4.69, 9.17) is 4.74 Å². The van der Waals surface area contributed by atoms with Crippen LogP contribution in [0.3, 0.4) is 0 Å². The van der Waals surface area contributed by atoms with Gasteiger partial charge in [0.2, 0.25) is 5.82 Å². The van der Waals surface area contributed by atoms with Gasteiger partial charge in [-0.05, 0) is 18.6 Å². The second-order valence-electron chi connectivity index (χ2n) is 3.12. The van der Waals surface area contributed by atoms with E-state index >= 15 is 0 Å². The van der Waals surface area contributed by atoms with Crippen LogP contribution in [0.4, 0.5) is 22.0 Å². The molecular formula is C10H9F5O. The first-order chi connectivity index (χ1) is 7.40. The highest BCUT2D eigenvalue weighted by molar-refractivity contribution is 5.24. The molecule has 0 aliphatic rings. The fourth-order valence-electron chi connectivity index (χ4n) is 1.05. The standard InChI is InChI=1S/C10H9F5O/c11-7-3-1-4-8(9(7)12)16-6-2-5-10(13,14)15/h1,3-4H,2,5-6H2. The Kier molecular flexibility index (Phi) is 4.09. The van der Waals surface area contributed by atoms with E-state index in [9.17, 15) is 22.0 Å². The summed E-state index contributed by atoms with van der Waals surface area (Å²) in [5.74, 6) is -2.65. The summed E-state index contributed by atoms with van der Waals surface area (Å²) in [6.45, 7) is -0.306. The fraction of sp³-hybridized carbons (Fsp3) is 0.400. The van der Waals surface area contributed by atoms with E-state index in [2.05, 4.69) is 0 Å². The summed E-state index contributed by atoms with van der Waals surface area (Å²) in [4.78, 5) is 0. The minimum absolute atomic E-state index is 0.292. The van der Waals surface area contributed by atoms with E-state index < -0.39 is 24.2 Å². The summed E-state index contributed by atoms with van der Waals surface area (Å²) in [5.41, 5.74) is 0. The third-order valence-corrected chi connectivity index (χ3v) is 1.78. The van der Waals surface area contributed by atoms with E-state index in [1.807, 2.05) is 0 Å². The summed E-state index contributed by atoms with van der Waals surface area (Å²) in [7, 11) is 0. The van der Waals surface area contributed by atoms with E-state index in [0.29, 0.717) is 0 Å². The van der Waals surface area contributed by atoms with Crippen molar-refractivity contribution < 1.29 is 26.7 Å². The van der Waals surface area contributed by atoms with Gasteiger partial charge in [0, 0.05) is 6.42 Å². The van der Waals surface area contributed by atoms with E-state index in [1.54, 1.807) is 0 Å². The Labute approximate surface area is 88.8 Å². The van der Waals surface area contributed by atoms with Crippen molar-refractivity contribution in [2.75, 3.05) is 6.61 Å². The van der Waals surface area contributed by atoms with Crippen LogP contribution in [0.25, 0.3) is 0 Å². The molecule has 1 aromatic carbocycles. The molecule has 0 atom stereocenters. The zero-order valence-electron chi connectivity index (χ0n) is 8.15. The zero-order chi connectivity index (χ0) is 12.2. The fourth-order valence-corrected chi connectivity index (χ4v) is 1.05. The van der Waals surface area contributed by atoms with Crippen LogP contribution < -0.4 is 4.74 Å². The van der Waals surface area contributed by atoms with Gasteiger partial charge in [0.05, 0.1) is 6.61 Å². The highest BCUT2D eigenvalue weighted by atomic mass is 19.4. The van der Waals surface area contributed by atoms with Gasteiger partial charge in [0.1, 0.15) is 0 Å². The molecule has 0 aliphatic carbocycles. The second kappa shape index (κ2) is 5.14. The van der Waals surface area contributed by atoms with Crippen LogP contribution in [0.15, 0.2) is 18.2 Å². The van der Waals surface area contributed by atoms with Crippen LogP contribution in [-0.4, -0.2) is 12.8 Å². The Hall–Kier alpha value is -1.33. The lowest BCUT2D eigenvalue weighted by Gasteiger charge is -2.08. The largest absolute Gasteiger partial charge is 0.490 e. The number of hydrogen-bond acceptors (Lipinski definition) is 1. The van der Waals surface area contributed by atoms with Crippen molar-refractivity contribution in [1.82, 2.24) is 0 Å². The van der Waals surface area contributed by atoms with E-state index in [-0.39, 0.29) is 18.8 Å². The first-order valence-electron chi connectivity index (χ1n) is 4.54. The van der Waals surface area contributed by atoms with Crippen molar-refractivity contribution >= 4 is 0 Å². The molecule has 0 N–H and O–H groups in total. The Morgan fingerprint density at radius 1 is 1.12 bits per heavy atom. The van der Waals surface area contributed by atoms with Gasteiger partial charge in [0.15, 0.2) is 11.6 Å². The number of benzene rings is 1. The number of hydrogen-bond donors (Lipinski definition) is 0. The first kappa shape index (κ1) is 12.7. The van der Waals surface area contributed by atoms with Crippen LogP contribution >= 0.6 is 0 Å². The lowest BCUT2D eigenvalue weighted by Crippen LogP contribution is -2.10. The Balaban J connectivity index is 2.41. The lowest BCUT2D eigenvalue weighted by atomic mass is 10.3. The molecule has 0 amide bonds. The van der Waals surface area contributed by atoms with Gasteiger partial charge in [-0.1, -0.05) is 6.07 Å². The van der Waals surface area contributed by atoms with Crippen molar-refractivity contribution in [1.29, 1.82) is 0 Å². The summed E-state index contributed by atoms with van der Waals surface area (Å²) in [6.07, 6.45) is -5.56. The van der Waals surface area contributed by atoms with Gasteiger partial charge in [0.25, 0.3) is 0 Å². The SMILES string of the molecule is Fc1cccc(OCCCC(F)(F)F)c1F. The van der Waals surface area contributed by atoms with Gasteiger partial charge >= 0.3 is 6.18 Å². The van der Waals surface area contributed by atoms with Crippen molar-refractivity contribution in [3.63, 3.8) is 0 Å². The van der Waals surface area contributed by atoms with Crippen molar-refractivity contribution in [2.24, 2.45) is 0 Å². The zero-order valence-corrected chi connectivity index (χ0v) is 8.15. The van der Waals surface area contributed by atoms with Crippen LogP contribution in [0.1, 0.15) is 12.8 Å². The number of rotatable bonds is 4. The third-order valence-electron chi connectivity index (χ3n) is 1.78. The predicted octanol–water partition coefficient (Wildman–Crippen LogP) is 3.69. The van der Waals surface area contributed by atoms with E-state index in [1.165, 1.54) is 6.07 Å². The maximum Gasteiger partial charge on any atom is 0.389 e. The van der Waals surface area contributed by atoms with Crippen LogP contribution in [-0.2, 0) is 0 Å². The summed E-state index contributed by atoms with van der Waals surface area (Å²) in [6, 6.07) is 3.28. The summed E-state index contributed by atoms with van der Waals surface area (Å²) in [5, 5.41) is 0. The molecule has 0 saturated heterocycles. The topological polar surface area (TPSA) is 9.23 Å². The predicted molar refractivity (Wildman–Crippen MR) is 47.1 cm³/mol. The quantitative estimate of drug-likeness (QED) is 0.576. The minimum Gasteiger partial charge on any atom is -0.490 e. The van der Waals surface area contributed by atoms with Gasteiger partial charge in [-0.2, -0.15) is 17.6 Å². The van der Waals surface area contributed by atoms with Crippen LogP contribution in [0.2, 0.25) is 0 Å². The van der Waals surface area contributed by atoms with Gasteiger partial charge in [-0.25, -0.2) is 4.39 Å². The van der Waals surface area contributed by atoms with Crippen molar-refractivity contribution in [2.45, 2.75) is 19.0 Å². The molecule has 0 unspecified atom stereocenters. The molecule has 0 radical (unpaired) electrons. The molecule has 0 aromatic heterocycles. The molecule has 1 rings (SSSR count). The lowest BCUT2D eigenvalue weighted by molar-refractivity contribution is -0.136. The average Bonchev–Trinajstić information content (AvgIpc) is 2.17. The monoisotopic (exact) mass is 240 g/mol. The molecule has 0 fully saturated rings. The molecule has 1 nitrogen and oxygen atoms in total. The van der Waals surface area contributed by atoms with Gasteiger partial charge in [-0.15, -0.1) is 0 Å². The normalized spacial score (nSPS) is 11.6. The van der Waals surface area contributed by atoms with Gasteiger partial charge in [-0.3, -0.25) is 0 Å². The molecule has 6 heteroatoms. The number of halogens is 5. The maximum absolute atomic E-state index is 12.9. The molecule has 90 valence electrons. The molecule has 0 spiro atoms. The second-order valence-corrected chi connectivity index (χ2v) is 3.12. The molecule has 0 saturated carbocycles. The van der Waals surface area contributed by atoms with Crippen LogP contribution in [0, 0.1) is 11.6 Å².